The van der Waals surface area contributed by atoms with Crippen molar-refractivity contribution in [2.24, 2.45) is 5.92 Å². The fourth-order valence-corrected chi connectivity index (χ4v) is 3.07. The Morgan fingerprint density at radius 3 is 2.65 bits per heavy atom. The summed E-state index contributed by atoms with van der Waals surface area (Å²) >= 11 is 0. The van der Waals surface area contributed by atoms with Crippen LogP contribution in [0, 0.1) is 5.92 Å². The first-order valence-corrected chi connectivity index (χ1v) is 7.76. The number of carbonyl (C=O) groups is 2. The molecule has 2 N–H and O–H groups in total. The van der Waals surface area contributed by atoms with Crippen molar-refractivity contribution < 1.29 is 9.59 Å². The topological polar surface area (TPSA) is 64.7 Å². The van der Waals surface area contributed by atoms with E-state index in [1.807, 2.05) is 0 Å². The maximum Gasteiger partial charge on any atom is 0.324 e. The molecule has 20 heavy (non-hydrogen) atoms. The lowest BCUT2D eigenvalue weighted by Crippen LogP contribution is -2.44. The zero-order valence-electron chi connectivity index (χ0n) is 11.9. The van der Waals surface area contributed by atoms with Gasteiger partial charge in [0.25, 0.3) is 0 Å². The van der Waals surface area contributed by atoms with Gasteiger partial charge in [0.05, 0.1) is 6.54 Å². The molecule has 0 aromatic carbocycles. The first-order valence-electron chi connectivity index (χ1n) is 7.76. The van der Waals surface area contributed by atoms with Crippen LogP contribution in [0.4, 0.5) is 4.79 Å². The summed E-state index contributed by atoms with van der Waals surface area (Å²) < 4.78 is 0. The molecule has 0 bridgehead atoms. The third-order valence-corrected chi connectivity index (χ3v) is 4.43. The van der Waals surface area contributed by atoms with Crippen molar-refractivity contribution in [1.82, 2.24) is 20.4 Å². The third-order valence-electron chi connectivity index (χ3n) is 4.43. The molecular formula is C14H24N4O2. The lowest BCUT2D eigenvalue weighted by Gasteiger charge is -2.27. The summed E-state index contributed by atoms with van der Waals surface area (Å²) in [6, 6.07) is 0.345. The number of hydrogen-bond donors (Lipinski definition) is 2. The van der Waals surface area contributed by atoms with Gasteiger partial charge in [-0.3, -0.25) is 14.6 Å². The number of imide groups is 1. The molecule has 112 valence electrons. The average Bonchev–Trinajstić information content (AvgIpc) is 2.98. The Bertz CT molecular complexity index is 361. The van der Waals surface area contributed by atoms with Gasteiger partial charge in [-0.05, 0) is 38.1 Å². The standard InChI is InChI=1S/C14H24N4O2/c19-13-8-16-14(20)18(13)7-6-17(9-11-3-4-11)10-12-2-1-5-15-12/h11-12,15H,1-10H2,(H,16,20). The quantitative estimate of drug-likeness (QED) is 0.645. The van der Waals surface area contributed by atoms with Crippen molar-refractivity contribution in [3.8, 4) is 0 Å². The minimum Gasteiger partial charge on any atom is -0.329 e. The van der Waals surface area contributed by atoms with Crippen LogP contribution >= 0.6 is 0 Å². The predicted molar refractivity (Wildman–Crippen MR) is 75.3 cm³/mol. The van der Waals surface area contributed by atoms with E-state index in [-0.39, 0.29) is 18.5 Å². The van der Waals surface area contributed by atoms with Gasteiger partial charge in [0.15, 0.2) is 0 Å². The first-order chi connectivity index (χ1) is 9.72. The molecule has 2 heterocycles. The second-order valence-electron chi connectivity index (χ2n) is 6.20. The van der Waals surface area contributed by atoms with E-state index >= 15 is 0 Å². The summed E-state index contributed by atoms with van der Waals surface area (Å²) in [5.74, 6) is 0.736. The number of carbonyl (C=O) groups excluding carboxylic acids is 2. The fraction of sp³-hybridized carbons (Fsp3) is 0.857. The molecule has 0 aromatic rings. The molecule has 3 amide bonds. The molecular weight excluding hydrogens is 256 g/mol. The first kappa shape index (κ1) is 13.8. The summed E-state index contributed by atoms with van der Waals surface area (Å²) in [6.07, 6.45) is 5.16. The highest BCUT2D eigenvalue weighted by Crippen LogP contribution is 2.29. The van der Waals surface area contributed by atoms with E-state index in [9.17, 15) is 9.59 Å². The van der Waals surface area contributed by atoms with Crippen LogP contribution in [0.5, 0.6) is 0 Å². The van der Waals surface area contributed by atoms with Crippen LogP contribution in [0.15, 0.2) is 0 Å². The highest BCUT2D eigenvalue weighted by molar-refractivity contribution is 6.01. The van der Waals surface area contributed by atoms with Crippen LogP contribution in [-0.2, 0) is 4.79 Å². The minimum atomic E-state index is -0.236. The zero-order chi connectivity index (χ0) is 13.9. The lowest BCUT2D eigenvalue weighted by atomic mass is 10.2. The third kappa shape index (κ3) is 3.49. The number of nitrogens with zero attached hydrogens (tertiary/aromatic N) is 2. The Morgan fingerprint density at radius 1 is 1.20 bits per heavy atom. The van der Waals surface area contributed by atoms with Gasteiger partial charge >= 0.3 is 6.03 Å². The number of urea groups is 1. The maximum atomic E-state index is 11.6. The zero-order valence-corrected chi connectivity index (χ0v) is 11.9. The molecule has 0 spiro atoms. The normalized spacial score (nSPS) is 26.6. The lowest BCUT2D eigenvalue weighted by molar-refractivity contribution is -0.125. The van der Waals surface area contributed by atoms with Crippen molar-refractivity contribution >= 4 is 11.9 Å². The largest absolute Gasteiger partial charge is 0.329 e. The van der Waals surface area contributed by atoms with Crippen molar-refractivity contribution in [3.05, 3.63) is 0 Å². The van der Waals surface area contributed by atoms with E-state index in [1.165, 1.54) is 30.6 Å². The molecule has 2 saturated heterocycles. The summed E-state index contributed by atoms with van der Waals surface area (Å²) in [6.45, 7) is 4.75. The Hall–Kier alpha value is -1.14. The van der Waals surface area contributed by atoms with Crippen molar-refractivity contribution in [2.45, 2.75) is 31.7 Å². The fourth-order valence-electron chi connectivity index (χ4n) is 3.07. The van der Waals surface area contributed by atoms with E-state index in [4.69, 9.17) is 0 Å². The van der Waals surface area contributed by atoms with Crippen LogP contribution in [0.25, 0.3) is 0 Å². The van der Waals surface area contributed by atoms with Crippen LogP contribution in [0.1, 0.15) is 25.7 Å². The highest BCUT2D eigenvalue weighted by Gasteiger charge is 2.30. The molecule has 3 fully saturated rings. The Kier molecular flexibility index (Phi) is 4.21. The van der Waals surface area contributed by atoms with E-state index in [2.05, 4.69) is 15.5 Å². The Morgan fingerprint density at radius 2 is 2.05 bits per heavy atom. The summed E-state index contributed by atoms with van der Waals surface area (Å²) in [5.41, 5.74) is 0. The average molecular weight is 280 g/mol. The smallest absolute Gasteiger partial charge is 0.324 e. The second kappa shape index (κ2) is 6.10. The maximum absolute atomic E-state index is 11.6. The predicted octanol–water partition coefficient (Wildman–Crippen LogP) is 0.00220. The molecule has 3 rings (SSSR count). The Balaban J connectivity index is 1.49. The summed E-state index contributed by atoms with van der Waals surface area (Å²) in [4.78, 5) is 26.9. The molecule has 6 heteroatoms. The van der Waals surface area contributed by atoms with Crippen LogP contribution in [0.2, 0.25) is 0 Å². The van der Waals surface area contributed by atoms with Gasteiger partial charge in [-0.25, -0.2) is 4.79 Å². The van der Waals surface area contributed by atoms with Gasteiger partial charge in [-0.2, -0.15) is 0 Å². The summed E-state index contributed by atoms with van der Waals surface area (Å²) in [7, 11) is 0. The van der Waals surface area contributed by atoms with Crippen molar-refractivity contribution in [3.63, 3.8) is 0 Å². The highest BCUT2D eigenvalue weighted by atomic mass is 16.2. The van der Waals surface area contributed by atoms with Gasteiger partial charge in [-0.1, -0.05) is 0 Å². The van der Waals surface area contributed by atoms with Gasteiger partial charge in [0.1, 0.15) is 0 Å². The molecule has 1 aliphatic carbocycles. The van der Waals surface area contributed by atoms with Crippen LogP contribution in [-0.4, -0.2) is 67.0 Å². The number of rotatable bonds is 7. The molecule has 0 aromatic heterocycles. The molecule has 1 unspecified atom stereocenters. The number of amides is 3. The van der Waals surface area contributed by atoms with Gasteiger partial charge in [0, 0.05) is 32.2 Å². The molecule has 0 radical (unpaired) electrons. The molecule has 1 atom stereocenters. The van der Waals surface area contributed by atoms with Gasteiger partial charge in [0.2, 0.25) is 5.91 Å². The SMILES string of the molecule is O=C1CNC(=O)N1CCN(CC1CC1)CC1CCCN1. The number of nitrogens with one attached hydrogen (secondary N) is 2. The van der Waals surface area contributed by atoms with Crippen molar-refractivity contribution in [1.29, 1.82) is 0 Å². The molecule has 2 aliphatic heterocycles. The number of hydrogen-bond acceptors (Lipinski definition) is 4. The van der Waals surface area contributed by atoms with Crippen molar-refractivity contribution in [2.75, 3.05) is 39.3 Å². The molecule has 3 aliphatic rings. The minimum absolute atomic E-state index is 0.0969. The van der Waals surface area contributed by atoms with E-state index in [1.54, 1.807) is 0 Å². The van der Waals surface area contributed by atoms with E-state index < -0.39 is 0 Å². The summed E-state index contributed by atoms with van der Waals surface area (Å²) in [5, 5.41) is 6.10. The van der Waals surface area contributed by atoms with Gasteiger partial charge in [-0.15, -0.1) is 0 Å². The second-order valence-corrected chi connectivity index (χ2v) is 6.20. The Labute approximate surface area is 119 Å². The van der Waals surface area contributed by atoms with E-state index in [0.717, 1.165) is 32.1 Å². The van der Waals surface area contributed by atoms with Crippen LogP contribution in [0.3, 0.4) is 0 Å². The molecule has 1 saturated carbocycles. The van der Waals surface area contributed by atoms with Crippen LogP contribution < -0.4 is 10.6 Å². The van der Waals surface area contributed by atoms with E-state index in [0.29, 0.717) is 12.6 Å². The van der Waals surface area contributed by atoms with Gasteiger partial charge < -0.3 is 10.6 Å². The molecule has 6 nitrogen and oxygen atoms in total. The monoisotopic (exact) mass is 280 g/mol.